The van der Waals surface area contributed by atoms with E-state index in [-0.39, 0.29) is 18.1 Å². The normalized spacial score (nSPS) is 13.8. The highest BCUT2D eigenvalue weighted by Gasteiger charge is 2.35. The molecule has 5 nitrogen and oxygen atoms in total. The number of primary amides is 1. The SMILES string of the molecule is Cc1ccccc1C1C(C(=O)c2ccccc2)=CN(CC(N)=O)C=C1C(=O)c1ccccc1. The van der Waals surface area contributed by atoms with E-state index in [0.29, 0.717) is 22.3 Å². The van der Waals surface area contributed by atoms with Gasteiger partial charge in [-0.1, -0.05) is 84.9 Å². The van der Waals surface area contributed by atoms with Gasteiger partial charge in [-0.2, -0.15) is 0 Å². The van der Waals surface area contributed by atoms with E-state index in [4.69, 9.17) is 5.73 Å². The lowest BCUT2D eigenvalue weighted by Crippen LogP contribution is -2.33. The molecule has 0 spiro atoms. The van der Waals surface area contributed by atoms with Gasteiger partial charge in [0.15, 0.2) is 11.6 Å². The fourth-order valence-electron chi connectivity index (χ4n) is 4.12. The van der Waals surface area contributed by atoms with Crippen molar-refractivity contribution in [2.24, 2.45) is 5.73 Å². The van der Waals surface area contributed by atoms with Crippen molar-refractivity contribution >= 4 is 17.5 Å². The number of nitrogens with zero attached hydrogens (tertiary/aromatic N) is 1. The highest BCUT2D eigenvalue weighted by Crippen LogP contribution is 2.40. The molecular formula is C28H24N2O3. The topological polar surface area (TPSA) is 80.5 Å². The summed E-state index contributed by atoms with van der Waals surface area (Å²) < 4.78 is 0. The zero-order valence-corrected chi connectivity index (χ0v) is 18.3. The predicted molar refractivity (Wildman–Crippen MR) is 128 cm³/mol. The Kier molecular flexibility index (Phi) is 6.31. The monoisotopic (exact) mass is 436 g/mol. The third-order valence-corrected chi connectivity index (χ3v) is 5.67. The summed E-state index contributed by atoms with van der Waals surface area (Å²) in [6.45, 7) is 1.82. The molecule has 0 fully saturated rings. The third kappa shape index (κ3) is 4.67. The molecule has 1 aliphatic rings. The van der Waals surface area contributed by atoms with E-state index < -0.39 is 11.8 Å². The number of aryl methyl sites for hydroxylation is 1. The zero-order chi connectivity index (χ0) is 23.4. The molecule has 1 amide bonds. The molecule has 0 unspecified atom stereocenters. The average Bonchev–Trinajstić information content (AvgIpc) is 2.84. The minimum absolute atomic E-state index is 0.141. The van der Waals surface area contributed by atoms with E-state index in [2.05, 4.69) is 0 Å². The Balaban J connectivity index is 1.91. The van der Waals surface area contributed by atoms with Crippen molar-refractivity contribution < 1.29 is 14.4 Å². The van der Waals surface area contributed by atoms with Crippen LogP contribution in [0.3, 0.4) is 0 Å². The number of amides is 1. The molecule has 164 valence electrons. The minimum Gasteiger partial charge on any atom is -0.368 e. The van der Waals surface area contributed by atoms with Gasteiger partial charge in [0.2, 0.25) is 5.91 Å². The molecule has 0 saturated heterocycles. The fraction of sp³-hybridized carbons (Fsp3) is 0.107. The van der Waals surface area contributed by atoms with Crippen LogP contribution in [0.1, 0.15) is 37.8 Å². The molecule has 1 heterocycles. The maximum atomic E-state index is 13.7. The van der Waals surface area contributed by atoms with E-state index in [1.54, 1.807) is 60.9 Å². The molecule has 3 aromatic carbocycles. The maximum Gasteiger partial charge on any atom is 0.237 e. The van der Waals surface area contributed by atoms with Gasteiger partial charge in [0.1, 0.15) is 6.54 Å². The van der Waals surface area contributed by atoms with Gasteiger partial charge in [0.05, 0.1) is 0 Å². The summed E-state index contributed by atoms with van der Waals surface area (Å²) >= 11 is 0. The molecule has 4 rings (SSSR count). The number of benzene rings is 3. The van der Waals surface area contributed by atoms with Gasteiger partial charge in [-0.15, -0.1) is 0 Å². The second kappa shape index (κ2) is 9.49. The van der Waals surface area contributed by atoms with E-state index in [1.165, 1.54) is 4.90 Å². The summed E-state index contributed by atoms with van der Waals surface area (Å²) in [5.41, 5.74) is 9.12. The van der Waals surface area contributed by atoms with Crippen LogP contribution in [-0.2, 0) is 4.79 Å². The van der Waals surface area contributed by atoms with Crippen molar-refractivity contribution in [2.45, 2.75) is 12.8 Å². The van der Waals surface area contributed by atoms with Gasteiger partial charge in [0.25, 0.3) is 0 Å². The first-order chi connectivity index (χ1) is 16.0. The molecule has 0 aromatic heterocycles. The van der Waals surface area contributed by atoms with Gasteiger partial charge in [-0.3, -0.25) is 14.4 Å². The molecule has 0 atom stereocenters. The summed E-state index contributed by atoms with van der Waals surface area (Å²) in [6, 6.07) is 25.6. The van der Waals surface area contributed by atoms with Crippen LogP contribution in [0.2, 0.25) is 0 Å². The lowest BCUT2D eigenvalue weighted by atomic mass is 9.76. The largest absolute Gasteiger partial charge is 0.368 e. The van der Waals surface area contributed by atoms with E-state index in [9.17, 15) is 14.4 Å². The Morgan fingerprint density at radius 3 is 1.64 bits per heavy atom. The Morgan fingerprint density at radius 2 is 1.18 bits per heavy atom. The van der Waals surface area contributed by atoms with Crippen LogP contribution >= 0.6 is 0 Å². The summed E-state index contributed by atoms with van der Waals surface area (Å²) in [4.78, 5) is 40.6. The Bertz CT molecular complexity index is 1190. The van der Waals surface area contributed by atoms with Gasteiger partial charge >= 0.3 is 0 Å². The van der Waals surface area contributed by atoms with Crippen molar-refractivity contribution in [3.8, 4) is 0 Å². The minimum atomic E-state index is -0.587. The molecule has 5 heteroatoms. The predicted octanol–water partition coefficient (Wildman–Crippen LogP) is 4.41. The summed E-state index contributed by atoms with van der Waals surface area (Å²) in [7, 11) is 0. The second-order valence-corrected chi connectivity index (χ2v) is 7.99. The van der Waals surface area contributed by atoms with E-state index in [0.717, 1.165) is 11.1 Å². The van der Waals surface area contributed by atoms with Crippen LogP contribution in [0.25, 0.3) is 0 Å². The number of Topliss-reactive ketones (excluding diaryl/α,β-unsaturated/α-hetero) is 2. The van der Waals surface area contributed by atoms with Crippen LogP contribution < -0.4 is 5.73 Å². The van der Waals surface area contributed by atoms with Gasteiger partial charge < -0.3 is 10.6 Å². The number of carbonyl (C=O) groups is 3. The number of allylic oxidation sites excluding steroid dienone is 2. The summed E-state index contributed by atoms with van der Waals surface area (Å²) in [6.07, 6.45) is 3.28. The van der Waals surface area contributed by atoms with Crippen molar-refractivity contribution in [2.75, 3.05) is 6.54 Å². The number of carbonyl (C=O) groups excluding carboxylic acids is 3. The molecule has 2 N–H and O–H groups in total. The Hall–Kier alpha value is -4.25. The molecular weight excluding hydrogens is 412 g/mol. The number of rotatable bonds is 7. The van der Waals surface area contributed by atoms with Gasteiger partial charge in [0, 0.05) is 40.6 Å². The third-order valence-electron chi connectivity index (χ3n) is 5.67. The van der Waals surface area contributed by atoms with E-state index >= 15 is 0 Å². The number of ketones is 2. The Labute approximate surface area is 192 Å². The number of nitrogens with two attached hydrogens (primary N) is 1. The number of hydrogen-bond acceptors (Lipinski definition) is 4. The maximum absolute atomic E-state index is 13.7. The van der Waals surface area contributed by atoms with Crippen molar-refractivity contribution in [3.63, 3.8) is 0 Å². The Morgan fingerprint density at radius 1 is 0.727 bits per heavy atom. The first kappa shape index (κ1) is 22.0. The van der Waals surface area contributed by atoms with Crippen LogP contribution in [-0.4, -0.2) is 28.9 Å². The van der Waals surface area contributed by atoms with Gasteiger partial charge in [-0.25, -0.2) is 0 Å². The smallest absolute Gasteiger partial charge is 0.237 e. The van der Waals surface area contributed by atoms with Crippen LogP contribution in [0.5, 0.6) is 0 Å². The molecule has 0 aliphatic carbocycles. The summed E-state index contributed by atoms with van der Waals surface area (Å²) in [5, 5.41) is 0. The number of hydrogen-bond donors (Lipinski definition) is 1. The van der Waals surface area contributed by atoms with Crippen molar-refractivity contribution in [1.29, 1.82) is 0 Å². The van der Waals surface area contributed by atoms with E-state index in [1.807, 2.05) is 43.3 Å². The lowest BCUT2D eigenvalue weighted by Gasteiger charge is -2.31. The van der Waals surface area contributed by atoms with Crippen LogP contribution in [0.15, 0.2) is 108 Å². The second-order valence-electron chi connectivity index (χ2n) is 7.99. The standard InChI is InChI=1S/C28H24N2O3/c1-19-10-8-9-15-22(19)26-23(27(32)20-11-4-2-5-12-20)16-30(18-25(29)31)17-24(26)28(33)21-13-6-3-7-14-21/h2-17,26H,18H2,1H3,(H2,29,31). The molecule has 0 bridgehead atoms. The highest BCUT2D eigenvalue weighted by atomic mass is 16.1. The lowest BCUT2D eigenvalue weighted by molar-refractivity contribution is -0.118. The average molecular weight is 437 g/mol. The van der Waals surface area contributed by atoms with Gasteiger partial charge in [-0.05, 0) is 18.1 Å². The zero-order valence-electron chi connectivity index (χ0n) is 18.3. The van der Waals surface area contributed by atoms with Crippen LogP contribution in [0, 0.1) is 6.92 Å². The first-order valence-corrected chi connectivity index (χ1v) is 10.7. The highest BCUT2D eigenvalue weighted by molar-refractivity contribution is 6.15. The fourth-order valence-corrected chi connectivity index (χ4v) is 4.12. The van der Waals surface area contributed by atoms with Crippen LogP contribution in [0.4, 0.5) is 0 Å². The molecule has 0 radical (unpaired) electrons. The molecule has 0 saturated carbocycles. The molecule has 1 aliphatic heterocycles. The molecule has 33 heavy (non-hydrogen) atoms. The quantitative estimate of drug-likeness (QED) is 0.556. The first-order valence-electron chi connectivity index (χ1n) is 10.7. The van der Waals surface area contributed by atoms with Crippen molar-refractivity contribution in [1.82, 2.24) is 4.90 Å². The molecule has 3 aromatic rings. The summed E-state index contributed by atoms with van der Waals surface area (Å²) in [5.74, 6) is -1.56. The van der Waals surface area contributed by atoms with Crippen molar-refractivity contribution in [3.05, 3.63) is 131 Å².